The number of rotatable bonds is 10. The molecule has 0 spiro atoms. The van der Waals surface area contributed by atoms with Crippen LogP contribution in [0.3, 0.4) is 0 Å². The lowest BCUT2D eigenvalue weighted by Gasteiger charge is -1.95. The monoisotopic (exact) mass is 262 g/mol. The van der Waals surface area contributed by atoms with E-state index in [1.165, 1.54) is 0 Å². The molecule has 2 aliphatic heterocycles. The maximum absolute atomic E-state index is 8.37. The smallest absolute Gasteiger partial charge is 0.104 e. The van der Waals surface area contributed by atoms with E-state index in [1.54, 1.807) is 0 Å². The fraction of sp³-hybridized carbons (Fsp3) is 1.00. The van der Waals surface area contributed by atoms with Crippen LogP contribution in [0, 0.1) is 0 Å². The molecule has 2 aliphatic rings. The molecule has 2 fully saturated rings. The quantitative estimate of drug-likeness (QED) is 0.448. The van der Waals surface area contributed by atoms with Crippen LogP contribution in [0.2, 0.25) is 0 Å². The number of unbranched alkanes of at least 4 members (excludes halogenated alkanes) is 4. The lowest BCUT2D eigenvalue weighted by molar-refractivity contribution is 0.102. The maximum Gasteiger partial charge on any atom is 0.104 e. The van der Waals surface area contributed by atoms with E-state index < -0.39 is 0 Å². The SMILES string of the molecule is C(OCC1CO1)C1CO1.OCCCCCCCO. The number of aliphatic hydroxyl groups is 2. The summed E-state index contributed by atoms with van der Waals surface area (Å²) >= 11 is 0. The number of hydrogen-bond donors (Lipinski definition) is 2. The molecule has 5 heteroatoms. The topological polar surface area (TPSA) is 74.8 Å². The second-order valence-electron chi connectivity index (χ2n) is 4.66. The highest BCUT2D eigenvalue weighted by Gasteiger charge is 2.26. The summed E-state index contributed by atoms with van der Waals surface area (Å²) < 4.78 is 15.1. The Morgan fingerprint density at radius 2 is 1.17 bits per heavy atom. The van der Waals surface area contributed by atoms with Crippen molar-refractivity contribution in [3.63, 3.8) is 0 Å². The van der Waals surface area contributed by atoms with Crippen LogP contribution in [0.1, 0.15) is 32.1 Å². The van der Waals surface area contributed by atoms with Crippen LogP contribution in [0.25, 0.3) is 0 Å². The van der Waals surface area contributed by atoms with Gasteiger partial charge in [0.25, 0.3) is 0 Å². The van der Waals surface area contributed by atoms with Crippen molar-refractivity contribution in [2.75, 3.05) is 39.6 Å². The first-order chi connectivity index (χ1) is 8.86. The largest absolute Gasteiger partial charge is 0.396 e. The van der Waals surface area contributed by atoms with Crippen molar-refractivity contribution >= 4 is 0 Å². The van der Waals surface area contributed by atoms with Crippen molar-refractivity contribution in [3.8, 4) is 0 Å². The summed E-state index contributed by atoms with van der Waals surface area (Å²) in [7, 11) is 0. The minimum absolute atomic E-state index is 0.305. The molecule has 18 heavy (non-hydrogen) atoms. The first kappa shape index (κ1) is 15.9. The molecule has 2 saturated heterocycles. The summed E-state index contributed by atoms with van der Waals surface area (Å²) in [4.78, 5) is 0. The van der Waals surface area contributed by atoms with E-state index in [0.717, 1.165) is 58.5 Å². The van der Waals surface area contributed by atoms with E-state index in [-0.39, 0.29) is 0 Å². The number of epoxide rings is 2. The van der Waals surface area contributed by atoms with Gasteiger partial charge in [-0.05, 0) is 12.8 Å². The second kappa shape index (κ2) is 10.7. The highest BCUT2D eigenvalue weighted by molar-refractivity contribution is 4.71. The van der Waals surface area contributed by atoms with Crippen molar-refractivity contribution in [2.45, 2.75) is 44.3 Å². The minimum atomic E-state index is 0.305. The van der Waals surface area contributed by atoms with E-state index in [0.29, 0.717) is 25.4 Å². The Hall–Kier alpha value is -0.200. The molecule has 0 aliphatic carbocycles. The van der Waals surface area contributed by atoms with E-state index >= 15 is 0 Å². The molecule has 2 rings (SSSR count). The van der Waals surface area contributed by atoms with E-state index in [1.807, 2.05) is 0 Å². The fourth-order valence-electron chi connectivity index (χ4n) is 1.41. The Bertz CT molecular complexity index is 162. The lowest BCUT2D eigenvalue weighted by Crippen LogP contribution is -2.06. The molecule has 0 amide bonds. The van der Waals surface area contributed by atoms with Gasteiger partial charge in [0.15, 0.2) is 0 Å². The highest BCUT2D eigenvalue weighted by atomic mass is 16.6. The Kier molecular flexibility index (Phi) is 9.42. The molecule has 0 aromatic rings. The zero-order valence-electron chi connectivity index (χ0n) is 11.1. The summed E-state index contributed by atoms with van der Waals surface area (Å²) in [6.07, 6.45) is 5.93. The van der Waals surface area contributed by atoms with E-state index in [4.69, 9.17) is 24.4 Å². The molecule has 2 atom stereocenters. The second-order valence-corrected chi connectivity index (χ2v) is 4.66. The molecule has 2 N–H and O–H groups in total. The normalized spacial score (nSPS) is 24.3. The van der Waals surface area contributed by atoms with Gasteiger partial charge in [-0.25, -0.2) is 0 Å². The van der Waals surface area contributed by atoms with Crippen molar-refractivity contribution < 1.29 is 24.4 Å². The van der Waals surface area contributed by atoms with Gasteiger partial charge in [0.2, 0.25) is 0 Å². The molecule has 2 heterocycles. The summed E-state index contributed by atoms with van der Waals surface area (Å²) in [6, 6.07) is 0. The zero-order chi connectivity index (χ0) is 13.1. The minimum Gasteiger partial charge on any atom is -0.396 e. The highest BCUT2D eigenvalue weighted by Crippen LogP contribution is 2.12. The number of aliphatic hydroxyl groups excluding tert-OH is 2. The summed E-state index contributed by atoms with van der Waals surface area (Å²) in [5.41, 5.74) is 0. The van der Waals surface area contributed by atoms with Crippen LogP contribution in [0.15, 0.2) is 0 Å². The first-order valence-corrected chi connectivity index (χ1v) is 6.89. The zero-order valence-corrected chi connectivity index (χ0v) is 11.1. The summed E-state index contributed by atoms with van der Waals surface area (Å²) in [5, 5.41) is 16.7. The third-order valence-corrected chi connectivity index (χ3v) is 2.73. The Morgan fingerprint density at radius 1 is 0.778 bits per heavy atom. The van der Waals surface area contributed by atoms with Gasteiger partial charge in [0.05, 0.1) is 26.4 Å². The van der Waals surface area contributed by atoms with Gasteiger partial charge in [-0.15, -0.1) is 0 Å². The van der Waals surface area contributed by atoms with Gasteiger partial charge in [-0.1, -0.05) is 19.3 Å². The summed E-state index contributed by atoms with van der Waals surface area (Å²) in [5.74, 6) is 0. The van der Waals surface area contributed by atoms with E-state index in [2.05, 4.69) is 0 Å². The van der Waals surface area contributed by atoms with Crippen molar-refractivity contribution in [1.29, 1.82) is 0 Å². The molecule has 2 unspecified atom stereocenters. The van der Waals surface area contributed by atoms with Gasteiger partial charge in [0.1, 0.15) is 12.2 Å². The van der Waals surface area contributed by atoms with E-state index in [9.17, 15) is 0 Å². The van der Waals surface area contributed by atoms with Gasteiger partial charge in [0, 0.05) is 13.2 Å². The predicted molar refractivity (Wildman–Crippen MR) is 67.6 cm³/mol. The third-order valence-electron chi connectivity index (χ3n) is 2.73. The summed E-state index contributed by atoms with van der Waals surface area (Å²) in [6.45, 7) is 3.87. The molecule has 5 nitrogen and oxygen atoms in total. The van der Waals surface area contributed by atoms with Crippen LogP contribution in [0.4, 0.5) is 0 Å². The van der Waals surface area contributed by atoms with Crippen molar-refractivity contribution in [1.82, 2.24) is 0 Å². The van der Waals surface area contributed by atoms with Crippen LogP contribution in [-0.4, -0.2) is 62.1 Å². The molecular formula is C13H26O5. The maximum atomic E-state index is 8.37. The van der Waals surface area contributed by atoms with Crippen LogP contribution < -0.4 is 0 Å². The molecule has 0 radical (unpaired) electrons. The lowest BCUT2D eigenvalue weighted by atomic mass is 10.2. The molecule has 0 bridgehead atoms. The fourth-order valence-corrected chi connectivity index (χ4v) is 1.41. The van der Waals surface area contributed by atoms with Crippen LogP contribution >= 0.6 is 0 Å². The van der Waals surface area contributed by atoms with Gasteiger partial charge in [-0.2, -0.15) is 0 Å². The average Bonchev–Trinajstić information content (AvgIpc) is 3.24. The van der Waals surface area contributed by atoms with Crippen LogP contribution in [0.5, 0.6) is 0 Å². The Labute approximate surface area is 109 Å². The van der Waals surface area contributed by atoms with Crippen LogP contribution in [-0.2, 0) is 14.2 Å². The van der Waals surface area contributed by atoms with Gasteiger partial charge in [-0.3, -0.25) is 0 Å². The standard InChI is InChI=1S/C7H16O2.C6H10O3/c8-6-4-2-1-3-5-7-9;1(5-3-8-5)7-2-6-4-9-6/h8-9H,1-7H2;5-6H,1-4H2. The van der Waals surface area contributed by atoms with Gasteiger partial charge < -0.3 is 24.4 Å². The van der Waals surface area contributed by atoms with Crippen molar-refractivity contribution in [3.05, 3.63) is 0 Å². The molecule has 0 saturated carbocycles. The molecule has 108 valence electrons. The third kappa shape index (κ3) is 10.9. The Morgan fingerprint density at radius 3 is 1.50 bits per heavy atom. The van der Waals surface area contributed by atoms with Gasteiger partial charge >= 0.3 is 0 Å². The number of hydrogen-bond acceptors (Lipinski definition) is 5. The average molecular weight is 262 g/mol. The molecule has 0 aromatic heterocycles. The molecule has 0 aromatic carbocycles. The predicted octanol–water partition coefficient (Wildman–Crippen LogP) is 0.722. The van der Waals surface area contributed by atoms with Crippen molar-refractivity contribution in [2.24, 2.45) is 0 Å². The first-order valence-electron chi connectivity index (χ1n) is 6.89. The number of ether oxygens (including phenoxy) is 3. The Balaban J connectivity index is 0.000000180. The molecular weight excluding hydrogens is 236 g/mol.